The number of amides is 2. The summed E-state index contributed by atoms with van der Waals surface area (Å²) < 4.78 is 12.0. The zero-order valence-electron chi connectivity index (χ0n) is 22.9. The van der Waals surface area contributed by atoms with Crippen LogP contribution in [0.1, 0.15) is 36.7 Å². The maximum Gasteiger partial charge on any atom is 0.273 e. The normalized spacial score (nSPS) is 12.3. The van der Waals surface area contributed by atoms with Crippen LogP contribution in [0.3, 0.4) is 0 Å². The Morgan fingerprint density at radius 2 is 1.69 bits per heavy atom. The Morgan fingerprint density at radius 1 is 0.974 bits per heavy atom. The summed E-state index contributed by atoms with van der Waals surface area (Å²) in [4.78, 5) is 25.8. The first-order chi connectivity index (χ1) is 18.5. The molecule has 9 heteroatoms. The van der Waals surface area contributed by atoms with Crippen molar-refractivity contribution in [3.8, 4) is 5.75 Å². The number of aromatic amines is 1. The Bertz CT molecular complexity index is 1470. The fourth-order valence-electron chi connectivity index (χ4n) is 3.50. The molecule has 0 saturated carbocycles. The molecule has 8 nitrogen and oxygen atoms in total. The van der Waals surface area contributed by atoms with E-state index >= 15 is 0 Å². The molecule has 0 saturated heterocycles. The molecule has 1 heterocycles. The van der Waals surface area contributed by atoms with E-state index in [-0.39, 0.29) is 23.5 Å². The Hall–Kier alpha value is -4.21. The highest BCUT2D eigenvalue weighted by Gasteiger charge is 2.38. The number of benzene rings is 3. The van der Waals surface area contributed by atoms with Crippen LogP contribution in [0.2, 0.25) is 18.1 Å². The highest BCUT2D eigenvalue weighted by Crippen LogP contribution is 2.36. The molecule has 0 aliphatic heterocycles. The smallest absolute Gasteiger partial charge is 0.273 e. The van der Waals surface area contributed by atoms with E-state index in [4.69, 9.17) is 9.26 Å². The van der Waals surface area contributed by atoms with Gasteiger partial charge in [-0.3, -0.25) is 14.7 Å². The highest BCUT2D eigenvalue weighted by atomic mass is 28.4. The zero-order chi connectivity index (χ0) is 28.0. The van der Waals surface area contributed by atoms with Gasteiger partial charge in [-0.05, 0) is 53.4 Å². The number of aromatic nitrogens is 2. The summed E-state index contributed by atoms with van der Waals surface area (Å²) in [6.45, 7) is 10.5. The second-order valence-electron chi connectivity index (χ2n) is 10.8. The molecule has 0 aliphatic carbocycles. The second-order valence-corrected chi connectivity index (χ2v) is 15.5. The topological polar surface area (TPSA) is 105 Å². The number of hydrogen-bond acceptors (Lipinski definition) is 5. The fourth-order valence-corrected chi connectivity index (χ4v) is 4.15. The van der Waals surface area contributed by atoms with Gasteiger partial charge in [0.1, 0.15) is 18.2 Å². The van der Waals surface area contributed by atoms with E-state index in [1.165, 1.54) is 0 Å². The van der Waals surface area contributed by atoms with Crippen LogP contribution in [0.5, 0.6) is 5.75 Å². The monoisotopic (exact) mass is 542 g/mol. The molecule has 0 radical (unpaired) electrons. The van der Waals surface area contributed by atoms with Gasteiger partial charge in [-0.15, -0.1) is 0 Å². The lowest BCUT2D eigenvalue weighted by Crippen LogP contribution is -2.46. The molecule has 3 aromatic carbocycles. The summed E-state index contributed by atoms with van der Waals surface area (Å²) >= 11 is 0. The second kappa shape index (κ2) is 11.7. The highest BCUT2D eigenvalue weighted by molar-refractivity contribution is 6.74. The Labute approximate surface area is 229 Å². The average Bonchev–Trinajstić information content (AvgIpc) is 3.42. The number of anilines is 1. The molecule has 2 amide bonds. The first-order valence-corrected chi connectivity index (χ1v) is 15.6. The number of fused-ring (bicyclic) bond motifs is 1. The predicted octanol–water partition coefficient (Wildman–Crippen LogP) is 6.33. The van der Waals surface area contributed by atoms with Gasteiger partial charge in [-0.25, -0.2) is 5.48 Å². The third-order valence-corrected chi connectivity index (χ3v) is 11.1. The van der Waals surface area contributed by atoms with E-state index in [1.807, 2.05) is 42.5 Å². The molecule has 0 unspecified atom stereocenters. The number of hydrogen-bond donors (Lipinski definition) is 3. The van der Waals surface area contributed by atoms with E-state index in [9.17, 15) is 9.59 Å². The van der Waals surface area contributed by atoms with E-state index < -0.39 is 8.32 Å². The molecule has 1 aromatic heterocycles. The minimum absolute atomic E-state index is 0.0315. The van der Waals surface area contributed by atoms with Crippen molar-refractivity contribution in [3.05, 3.63) is 95.7 Å². The molecule has 0 atom stereocenters. The van der Waals surface area contributed by atoms with Crippen molar-refractivity contribution in [1.29, 1.82) is 0 Å². The first kappa shape index (κ1) is 27.8. The van der Waals surface area contributed by atoms with Crippen molar-refractivity contribution >= 4 is 42.8 Å². The first-order valence-electron chi connectivity index (χ1n) is 12.7. The van der Waals surface area contributed by atoms with Gasteiger partial charge in [-0.2, -0.15) is 5.10 Å². The number of rotatable bonds is 9. The Balaban J connectivity index is 1.52. The van der Waals surface area contributed by atoms with Crippen molar-refractivity contribution in [1.82, 2.24) is 15.7 Å². The lowest BCUT2D eigenvalue weighted by Gasteiger charge is -2.35. The van der Waals surface area contributed by atoms with Gasteiger partial charge in [0.2, 0.25) is 8.32 Å². The van der Waals surface area contributed by atoms with Crippen LogP contribution >= 0.6 is 0 Å². The van der Waals surface area contributed by atoms with Crippen molar-refractivity contribution in [2.24, 2.45) is 0 Å². The molecule has 0 fully saturated rings. The zero-order valence-corrected chi connectivity index (χ0v) is 23.9. The number of H-pyrrole nitrogens is 1. The number of nitrogens with one attached hydrogen (secondary N) is 3. The van der Waals surface area contributed by atoms with E-state index in [2.05, 4.69) is 54.9 Å². The predicted molar refractivity (Wildman–Crippen MR) is 157 cm³/mol. The summed E-state index contributed by atoms with van der Waals surface area (Å²) in [6, 6.07) is 22.4. The van der Waals surface area contributed by atoms with Crippen LogP contribution < -0.4 is 15.5 Å². The quantitative estimate of drug-likeness (QED) is 0.130. The van der Waals surface area contributed by atoms with E-state index in [1.54, 1.807) is 42.6 Å². The molecule has 4 aromatic rings. The van der Waals surface area contributed by atoms with Crippen LogP contribution in [0.25, 0.3) is 16.8 Å². The average molecular weight is 543 g/mol. The molecule has 202 valence electrons. The van der Waals surface area contributed by atoms with Gasteiger partial charge in [0.05, 0.1) is 11.8 Å². The minimum Gasteiger partial charge on any atom is -0.488 e. The third-order valence-electron chi connectivity index (χ3n) is 6.89. The summed E-state index contributed by atoms with van der Waals surface area (Å²) in [5.41, 5.74) is 4.22. The molecule has 0 aliphatic rings. The lowest BCUT2D eigenvalue weighted by molar-refractivity contribution is -0.113. The Morgan fingerprint density at radius 3 is 2.38 bits per heavy atom. The molecule has 4 rings (SSSR count). The van der Waals surface area contributed by atoms with Gasteiger partial charge in [0, 0.05) is 17.0 Å². The third kappa shape index (κ3) is 7.01. The largest absolute Gasteiger partial charge is 0.488 e. The van der Waals surface area contributed by atoms with Crippen molar-refractivity contribution < 1.29 is 18.9 Å². The van der Waals surface area contributed by atoms with Crippen LogP contribution in [0.15, 0.2) is 84.6 Å². The molecule has 39 heavy (non-hydrogen) atoms. The van der Waals surface area contributed by atoms with Crippen molar-refractivity contribution in [3.63, 3.8) is 0 Å². The molecule has 0 spiro atoms. The van der Waals surface area contributed by atoms with Crippen LogP contribution in [0, 0.1) is 0 Å². The Kier molecular flexibility index (Phi) is 8.32. The molecule has 3 N–H and O–H groups in total. The van der Waals surface area contributed by atoms with Crippen molar-refractivity contribution in [2.75, 3.05) is 11.9 Å². The van der Waals surface area contributed by atoms with Crippen LogP contribution in [-0.2, 0) is 9.32 Å². The number of ether oxygens (including phenoxy) is 1. The fraction of sp³-hybridized carbons (Fsp3) is 0.233. The maximum absolute atomic E-state index is 13.2. The lowest BCUT2D eigenvalue weighted by atomic mass is 10.1. The van der Waals surface area contributed by atoms with Crippen LogP contribution in [-0.4, -0.2) is 36.9 Å². The van der Waals surface area contributed by atoms with Gasteiger partial charge < -0.3 is 14.6 Å². The standard InChI is InChI=1S/C30H34N4O4Si/c1-30(2,3)39(4,5)38-34-29(36)23-15-13-21(14-16-23)19-24(28(35)32-27-17-18-31-33-27)20-37-26-12-8-10-22-9-6-7-11-25(22)26/h6-19H,20H2,1-5H3,(H,34,36)(H2,31,32,33,35). The van der Waals surface area contributed by atoms with Gasteiger partial charge in [0.25, 0.3) is 11.8 Å². The summed E-state index contributed by atoms with van der Waals surface area (Å²) in [6.07, 6.45) is 3.30. The van der Waals surface area contributed by atoms with E-state index in [0.717, 1.165) is 16.3 Å². The minimum atomic E-state index is -2.13. The van der Waals surface area contributed by atoms with Gasteiger partial charge >= 0.3 is 0 Å². The van der Waals surface area contributed by atoms with Gasteiger partial charge in [-0.1, -0.05) is 69.3 Å². The molecule has 0 bridgehead atoms. The molecular formula is C30H34N4O4Si. The number of hydroxylamine groups is 1. The maximum atomic E-state index is 13.2. The number of nitrogens with zero attached hydrogens (tertiary/aromatic N) is 1. The summed E-state index contributed by atoms with van der Waals surface area (Å²) in [7, 11) is -2.13. The summed E-state index contributed by atoms with van der Waals surface area (Å²) in [5, 5.41) is 11.4. The van der Waals surface area contributed by atoms with E-state index in [0.29, 0.717) is 22.7 Å². The van der Waals surface area contributed by atoms with Gasteiger partial charge in [0.15, 0.2) is 0 Å². The number of carbonyl (C=O) groups is 2. The van der Waals surface area contributed by atoms with Crippen molar-refractivity contribution in [2.45, 2.75) is 38.9 Å². The molecular weight excluding hydrogens is 508 g/mol. The summed E-state index contributed by atoms with van der Waals surface area (Å²) in [5.74, 6) is 0.517. The SMILES string of the molecule is CC(C)(C)[Si](C)(C)ONC(=O)c1ccc(C=C(COc2cccc3ccccc23)C(=O)Nc2ccn[nH]2)cc1. The number of carbonyl (C=O) groups excluding carboxylic acids is 2. The van der Waals surface area contributed by atoms with Crippen LogP contribution in [0.4, 0.5) is 5.82 Å².